The van der Waals surface area contributed by atoms with E-state index in [4.69, 9.17) is 5.73 Å². The van der Waals surface area contributed by atoms with Gasteiger partial charge in [0.15, 0.2) is 0 Å². The monoisotopic (exact) mass is 315 g/mol. The lowest BCUT2D eigenvalue weighted by Crippen LogP contribution is -2.32. The molecule has 2 aromatic rings. The minimum atomic E-state index is -0.388. The number of hydrogen-bond acceptors (Lipinski definition) is 3. The highest BCUT2D eigenvalue weighted by molar-refractivity contribution is 5.96. The van der Waals surface area contributed by atoms with Crippen LogP contribution in [0.1, 0.15) is 33.2 Å². The van der Waals surface area contributed by atoms with E-state index in [1.54, 1.807) is 28.0 Å². The second kappa shape index (κ2) is 5.57. The molecule has 2 amide bonds. The van der Waals surface area contributed by atoms with Gasteiger partial charge in [0.1, 0.15) is 0 Å². The van der Waals surface area contributed by atoms with Crippen molar-refractivity contribution in [2.24, 2.45) is 18.7 Å². The molecule has 0 spiro atoms. The van der Waals surface area contributed by atoms with Crippen LogP contribution in [0.15, 0.2) is 18.5 Å². The molecule has 0 radical (unpaired) electrons. The molecule has 7 nitrogen and oxygen atoms in total. The van der Waals surface area contributed by atoms with Crippen LogP contribution in [0.2, 0.25) is 0 Å². The number of hydrogen-bond donors (Lipinski definition) is 2. The van der Waals surface area contributed by atoms with E-state index in [0.29, 0.717) is 18.7 Å². The Morgan fingerprint density at radius 3 is 2.61 bits per heavy atom. The second-order valence-corrected chi connectivity index (χ2v) is 6.15. The van der Waals surface area contributed by atoms with E-state index in [-0.39, 0.29) is 23.7 Å². The maximum atomic E-state index is 12.7. The fraction of sp³-hybridized carbons (Fsp3) is 0.438. The highest BCUT2D eigenvalue weighted by Crippen LogP contribution is 2.35. The van der Waals surface area contributed by atoms with Crippen molar-refractivity contribution in [3.8, 4) is 0 Å². The predicted molar refractivity (Wildman–Crippen MR) is 84.8 cm³/mol. The maximum Gasteiger partial charge on any atom is 0.255 e. The number of likely N-dealkylation sites (tertiary alicyclic amines) is 1. The van der Waals surface area contributed by atoms with Crippen LogP contribution in [0.5, 0.6) is 0 Å². The third-order valence-electron chi connectivity index (χ3n) is 4.83. The fourth-order valence-corrected chi connectivity index (χ4v) is 3.31. The zero-order valence-electron chi connectivity index (χ0n) is 13.5. The number of aryl methyl sites for hydroxylation is 2. The number of aromatic amines is 1. The van der Waals surface area contributed by atoms with Gasteiger partial charge in [0, 0.05) is 43.6 Å². The Labute approximate surface area is 134 Å². The molecule has 2 aromatic heterocycles. The Hall–Kier alpha value is -2.57. The van der Waals surface area contributed by atoms with Crippen LogP contribution in [0.4, 0.5) is 0 Å². The standard InChI is InChI=1S/C16H21N5O2/c1-9-11(4-5-18-9)16(23)21-7-13(14(8-21)15(17)22)12-6-19-20(3)10(12)2/h4-6,13-14,18H,7-8H2,1-3H3,(H2,17,22)/t13-,14+/m1/s1. The van der Waals surface area contributed by atoms with E-state index in [0.717, 1.165) is 17.0 Å². The fourth-order valence-electron chi connectivity index (χ4n) is 3.31. The van der Waals surface area contributed by atoms with Crippen LogP contribution >= 0.6 is 0 Å². The quantitative estimate of drug-likeness (QED) is 0.872. The Morgan fingerprint density at radius 1 is 1.35 bits per heavy atom. The molecule has 3 heterocycles. The van der Waals surface area contributed by atoms with Gasteiger partial charge in [0.05, 0.1) is 17.7 Å². The average molecular weight is 315 g/mol. The molecule has 0 bridgehead atoms. The predicted octanol–water partition coefficient (Wildman–Crippen LogP) is 0.706. The molecule has 0 aromatic carbocycles. The number of nitrogens with two attached hydrogens (primary N) is 1. The van der Waals surface area contributed by atoms with Gasteiger partial charge < -0.3 is 15.6 Å². The van der Waals surface area contributed by atoms with E-state index < -0.39 is 0 Å². The van der Waals surface area contributed by atoms with E-state index >= 15 is 0 Å². The molecule has 3 rings (SSSR count). The number of H-pyrrole nitrogens is 1. The Morgan fingerprint density at radius 2 is 2.09 bits per heavy atom. The minimum Gasteiger partial charge on any atom is -0.369 e. The summed E-state index contributed by atoms with van der Waals surface area (Å²) in [7, 11) is 1.86. The topological polar surface area (TPSA) is 97.0 Å². The van der Waals surface area contributed by atoms with Gasteiger partial charge in [0.2, 0.25) is 5.91 Å². The molecule has 7 heteroatoms. The summed E-state index contributed by atoms with van der Waals surface area (Å²) in [6, 6.07) is 1.76. The van der Waals surface area contributed by atoms with Crippen LogP contribution < -0.4 is 5.73 Å². The largest absolute Gasteiger partial charge is 0.369 e. The van der Waals surface area contributed by atoms with Crippen LogP contribution in [0, 0.1) is 19.8 Å². The molecule has 1 aliphatic heterocycles. The van der Waals surface area contributed by atoms with Crippen LogP contribution in [0.3, 0.4) is 0 Å². The van der Waals surface area contributed by atoms with E-state index in [9.17, 15) is 9.59 Å². The summed E-state index contributed by atoms with van der Waals surface area (Å²) in [5.74, 6) is -0.941. The first-order valence-corrected chi connectivity index (χ1v) is 7.61. The third kappa shape index (κ3) is 2.52. The summed E-state index contributed by atoms with van der Waals surface area (Å²) in [6.07, 6.45) is 3.51. The number of aromatic nitrogens is 3. The van der Waals surface area contributed by atoms with Gasteiger partial charge in [-0.25, -0.2) is 0 Å². The van der Waals surface area contributed by atoms with Crippen molar-refractivity contribution in [2.75, 3.05) is 13.1 Å². The highest BCUT2D eigenvalue weighted by Gasteiger charge is 2.41. The molecular weight excluding hydrogens is 294 g/mol. The van der Waals surface area contributed by atoms with Crippen molar-refractivity contribution in [2.45, 2.75) is 19.8 Å². The van der Waals surface area contributed by atoms with Crippen LogP contribution in [0.25, 0.3) is 0 Å². The summed E-state index contributed by atoms with van der Waals surface area (Å²) >= 11 is 0. The normalized spacial score (nSPS) is 20.9. The summed E-state index contributed by atoms with van der Waals surface area (Å²) in [5, 5.41) is 4.24. The molecule has 1 fully saturated rings. The van der Waals surface area contributed by atoms with E-state index in [1.165, 1.54) is 0 Å². The van der Waals surface area contributed by atoms with Gasteiger partial charge in [-0.3, -0.25) is 14.3 Å². The number of carbonyl (C=O) groups is 2. The number of nitrogens with one attached hydrogen (secondary N) is 1. The molecular formula is C16H21N5O2. The summed E-state index contributed by atoms with van der Waals surface area (Å²) in [4.78, 5) is 29.3. The molecule has 3 N–H and O–H groups in total. The van der Waals surface area contributed by atoms with Gasteiger partial charge >= 0.3 is 0 Å². The van der Waals surface area contributed by atoms with Crippen molar-refractivity contribution in [3.05, 3.63) is 41.0 Å². The zero-order chi connectivity index (χ0) is 16.7. The molecule has 1 saturated heterocycles. The minimum absolute atomic E-state index is 0.0703. The first kappa shape index (κ1) is 15.3. The van der Waals surface area contributed by atoms with Crippen molar-refractivity contribution < 1.29 is 9.59 Å². The summed E-state index contributed by atoms with van der Waals surface area (Å²) in [6.45, 7) is 4.64. The number of amides is 2. The Bertz CT molecular complexity index is 760. The Kier molecular flexibility index (Phi) is 3.71. The molecule has 23 heavy (non-hydrogen) atoms. The zero-order valence-corrected chi connectivity index (χ0v) is 13.5. The van der Waals surface area contributed by atoms with Crippen molar-refractivity contribution >= 4 is 11.8 Å². The number of carbonyl (C=O) groups excluding carboxylic acids is 2. The lowest BCUT2D eigenvalue weighted by atomic mass is 9.89. The molecule has 0 aliphatic carbocycles. The van der Waals surface area contributed by atoms with Gasteiger partial charge in [0.25, 0.3) is 5.91 Å². The first-order chi connectivity index (χ1) is 10.9. The van der Waals surface area contributed by atoms with Crippen LogP contribution in [-0.4, -0.2) is 44.6 Å². The lowest BCUT2D eigenvalue weighted by Gasteiger charge is -2.16. The number of rotatable bonds is 3. The number of primary amides is 1. The van der Waals surface area contributed by atoms with Crippen LogP contribution in [-0.2, 0) is 11.8 Å². The average Bonchev–Trinajstić information content (AvgIpc) is 3.19. The Balaban J connectivity index is 1.90. The number of nitrogens with zero attached hydrogens (tertiary/aromatic N) is 3. The van der Waals surface area contributed by atoms with Crippen molar-refractivity contribution in [1.82, 2.24) is 19.7 Å². The van der Waals surface area contributed by atoms with Gasteiger partial charge in [-0.1, -0.05) is 0 Å². The molecule has 2 atom stereocenters. The SMILES string of the molecule is Cc1[nH]ccc1C(=O)N1C[C@H](C(N)=O)[C@@H](c2cnn(C)c2C)C1. The molecule has 0 saturated carbocycles. The molecule has 1 aliphatic rings. The summed E-state index contributed by atoms with van der Waals surface area (Å²) < 4.78 is 1.77. The third-order valence-corrected chi connectivity index (χ3v) is 4.83. The van der Waals surface area contributed by atoms with E-state index in [1.807, 2.05) is 20.9 Å². The van der Waals surface area contributed by atoms with E-state index in [2.05, 4.69) is 10.1 Å². The van der Waals surface area contributed by atoms with Gasteiger partial charge in [-0.05, 0) is 25.5 Å². The lowest BCUT2D eigenvalue weighted by molar-refractivity contribution is -0.121. The van der Waals surface area contributed by atoms with Crippen molar-refractivity contribution in [1.29, 1.82) is 0 Å². The molecule has 0 unspecified atom stereocenters. The maximum absolute atomic E-state index is 12.7. The first-order valence-electron chi connectivity index (χ1n) is 7.61. The second-order valence-electron chi connectivity index (χ2n) is 6.15. The van der Waals surface area contributed by atoms with Gasteiger partial charge in [-0.15, -0.1) is 0 Å². The summed E-state index contributed by atoms with van der Waals surface area (Å²) in [5.41, 5.74) is 9.02. The van der Waals surface area contributed by atoms with Gasteiger partial charge in [-0.2, -0.15) is 5.10 Å². The highest BCUT2D eigenvalue weighted by atomic mass is 16.2. The molecule has 122 valence electrons. The van der Waals surface area contributed by atoms with Crippen molar-refractivity contribution in [3.63, 3.8) is 0 Å². The smallest absolute Gasteiger partial charge is 0.255 e.